The minimum atomic E-state index is 0.495. The summed E-state index contributed by atoms with van der Waals surface area (Å²) in [5, 5.41) is 10.5. The maximum absolute atomic E-state index is 9.46. The topological polar surface area (TPSA) is 39.9 Å². The van der Waals surface area contributed by atoms with Crippen molar-refractivity contribution in [2.45, 2.75) is 38.6 Å². The zero-order valence-corrected chi connectivity index (χ0v) is 12.7. The maximum Gasteiger partial charge on any atom is 0.147 e. The highest BCUT2D eigenvalue weighted by Gasteiger charge is 2.24. The zero-order chi connectivity index (χ0) is 14.8. The summed E-state index contributed by atoms with van der Waals surface area (Å²) in [7, 11) is 2.08. The Morgan fingerprint density at radius 2 is 2.10 bits per heavy atom. The monoisotopic (exact) mass is 279 g/mol. The molecular formula is C18H21N3. The van der Waals surface area contributed by atoms with Crippen LogP contribution in [0.2, 0.25) is 0 Å². The third-order valence-electron chi connectivity index (χ3n) is 4.61. The van der Waals surface area contributed by atoms with Gasteiger partial charge in [-0.3, -0.25) is 0 Å². The van der Waals surface area contributed by atoms with E-state index in [1.165, 1.54) is 25.7 Å². The van der Waals surface area contributed by atoms with E-state index >= 15 is 0 Å². The molecule has 2 atom stereocenters. The maximum atomic E-state index is 9.46. The van der Waals surface area contributed by atoms with Crippen molar-refractivity contribution in [3.8, 4) is 6.07 Å². The van der Waals surface area contributed by atoms with Crippen LogP contribution in [0, 0.1) is 17.2 Å². The van der Waals surface area contributed by atoms with Gasteiger partial charge in [0.25, 0.3) is 0 Å². The lowest BCUT2D eigenvalue weighted by molar-refractivity contribution is 0.335. The lowest BCUT2D eigenvalue weighted by atomic mass is 9.86. The quantitative estimate of drug-likeness (QED) is 0.830. The number of aromatic nitrogens is 1. The third-order valence-corrected chi connectivity index (χ3v) is 4.61. The number of nitrogens with zero attached hydrogens (tertiary/aromatic N) is 3. The van der Waals surface area contributed by atoms with E-state index in [4.69, 9.17) is 4.98 Å². The number of hydrogen-bond donors (Lipinski definition) is 0. The number of rotatable bonds is 2. The number of anilines is 1. The van der Waals surface area contributed by atoms with E-state index in [0.29, 0.717) is 11.6 Å². The van der Waals surface area contributed by atoms with Gasteiger partial charge in [0.05, 0.1) is 11.1 Å². The Hall–Kier alpha value is -2.08. The van der Waals surface area contributed by atoms with Gasteiger partial charge in [0.2, 0.25) is 0 Å². The van der Waals surface area contributed by atoms with Crippen LogP contribution in [-0.4, -0.2) is 18.1 Å². The summed E-state index contributed by atoms with van der Waals surface area (Å²) in [5.41, 5.74) is 1.64. The molecule has 3 nitrogen and oxygen atoms in total. The molecule has 0 amide bonds. The third kappa shape index (κ3) is 2.71. The first-order valence-electron chi connectivity index (χ1n) is 7.71. The first-order chi connectivity index (χ1) is 10.2. The molecule has 2 unspecified atom stereocenters. The molecule has 2 aromatic rings. The van der Waals surface area contributed by atoms with Gasteiger partial charge >= 0.3 is 0 Å². The van der Waals surface area contributed by atoms with Gasteiger partial charge in [0.1, 0.15) is 11.9 Å². The van der Waals surface area contributed by atoms with Crippen LogP contribution in [0.4, 0.5) is 5.82 Å². The normalized spacial score (nSPS) is 22.0. The van der Waals surface area contributed by atoms with Gasteiger partial charge in [-0.1, -0.05) is 38.0 Å². The Morgan fingerprint density at radius 1 is 1.29 bits per heavy atom. The first-order valence-corrected chi connectivity index (χ1v) is 7.71. The van der Waals surface area contributed by atoms with E-state index in [-0.39, 0.29) is 0 Å². The summed E-state index contributed by atoms with van der Waals surface area (Å²) < 4.78 is 0. The molecule has 1 saturated carbocycles. The minimum absolute atomic E-state index is 0.495. The Labute approximate surface area is 126 Å². The van der Waals surface area contributed by atoms with Gasteiger partial charge in [-0.25, -0.2) is 4.98 Å². The number of pyridine rings is 1. The molecule has 0 spiro atoms. The molecule has 1 aromatic heterocycles. The van der Waals surface area contributed by atoms with Crippen molar-refractivity contribution in [3.63, 3.8) is 0 Å². The second-order valence-corrected chi connectivity index (χ2v) is 6.20. The number of fused-ring (bicyclic) bond motifs is 1. The lowest BCUT2D eigenvalue weighted by Gasteiger charge is -2.35. The summed E-state index contributed by atoms with van der Waals surface area (Å²) in [4.78, 5) is 6.97. The predicted octanol–water partition coefficient (Wildman–Crippen LogP) is 4.12. The van der Waals surface area contributed by atoms with Crippen molar-refractivity contribution in [1.82, 2.24) is 4.98 Å². The van der Waals surface area contributed by atoms with Gasteiger partial charge in [-0.15, -0.1) is 0 Å². The number of hydrogen-bond acceptors (Lipinski definition) is 3. The summed E-state index contributed by atoms with van der Waals surface area (Å²) in [5.74, 6) is 1.59. The molecule has 0 saturated heterocycles. The number of benzene rings is 1. The molecule has 1 heterocycles. The van der Waals surface area contributed by atoms with Gasteiger partial charge in [0.15, 0.2) is 0 Å². The second-order valence-electron chi connectivity index (χ2n) is 6.20. The number of nitriles is 1. The molecule has 1 fully saturated rings. The van der Waals surface area contributed by atoms with Crippen molar-refractivity contribution >= 4 is 16.7 Å². The highest BCUT2D eigenvalue weighted by Crippen LogP contribution is 2.31. The molecular weight excluding hydrogens is 258 g/mol. The van der Waals surface area contributed by atoms with Gasteiger partial charge in [-0.05, 0) is 30.9 Å². The van der Waals surface area contributed by atoms with Gasteiger partial charge < -0.3 is 4.90 Å². The highest BCUT2D eigenvalue weighted by atomic mass is 15.2. The van der Waals surface area contributed by atoms with Crippen molar-refractivity contribution in [1.29, 1.82) is 5.26 Å². The Bertz CT molecular complexity index is 686. The standard InChI is InChI=1S/C18H21N3/c1-13-6-5-8-16(10-13)21(2)18-15(12-19)11-14-7-3-4-9-17(14)20-18/h3-4,7,9,11,13,16H,5-6,8,10H2,1-2H3. The average Bonchev–Trinajstić information content (AvgIpc) is 2.53. The lowest BCUT2D eigenvalue weighted by Crippen LogP contribution is -2.36. The highest BCUT2D eigenvalue weighted by molar-refractivity contribution is 5.83. The largest absolute Gasteiger partial charge is 0.356 e. The molecule has 108 valence electrons. The van der Waals surface area contributed by atoms with Crippen LogP contribution in [0.5, 0.6) is 0 Å². The Kier molecular flexibility index (Phi) is 3.79. The van der Waals surface area contributed by atoms with E-state index in [1.807, 2.05) is 30.3 Å². The molecule has 0 bridgehead atoms. The van der Waals surface area contributed by atoms with E-state index in [1.54, 1.807) is 0 Å². The predicted molar refractivity (Wildman–Crippen MR) is 86.3 cm³/mol. The van der Waals surface area contributed by atoms with Crippen LogP contribution in [0.1, 0.15) is 38.2 Å². The summed E-state index contributed by atoms with van der Waals surface area (Å²) >= 11 is 0. The first kappa shape index (κ1) is 13.9. The van der Waals surface area contributed by atoms with E-state index < -0.39 is 0 Å². The molecule has 1 aliphatic rings. The van der Waals surface area contributed by atoms with Crippen LogP contribution < -0.4 is 4.90 Å². The van der Waals surface area contributed by atoms with E-state index in [9.17, 15) is 5.26 Å². The molecule has 21 heavy (non-hydrogen) atoms. The van der Waals surface area contributed by atoms with Crippen molar-refractivity contribution in [2.24, 2.45) is 5.92 Å². The van der Waals surface area contributed by atoms with Crippen LogP contribution >= 0.6 is 0 Å². The summed E-state index contributed by atoms with van der Waals surface area (Å²) in [6.07, 6.45) is 4.97. The van der Waals surface area contributed by atoms with Gasteiger partial charge in [-0.2, -0.15) is 5.26 Å². The van der Waals surface area contributed by atoms with Crippen LogP contribution in [0.25, 0.3) is 10.9 Å². The summed E-state index contributed by atoms with van der Waals surface area (Å²) in [6, 6.07) is 12.8. The molecule has 1 aliphatic carbocycles. The summed E-state index contributed by atoms with van der Waals surface area (Å²) in [6.45, 7) is 2.32. The fraction of sp³-hybridized carbons (Fsp3) is 0.444. The SMILES string of the molecule is CC1CCCC(N(C)c2nc3ccccc3cc2C#N)C1. The molecule has 3 rings (SSSR count). The fourth-order valence-corrected chi connectivity index (χ4v) is 3.38. The molecule has 3 heteroatoms. The van der Waals surface area contributed by atoms with Crippen LogP contribution in [-0.2, 0) is 0 Å². The molecule has 0 N–H and O–H groups in total. The molecule has 0 aliphatic heterocycles. The van der Waals surface area contributed by atoms with Crippen molar-refractivity contribution in [3.05, 3.63) is 35.9 Å². The second kappa shape index (κ2) is 5.73. The Morgan fingerprint density at radius 3 is 2.86 bits per heavy atom. The number of para-hydroxylation sites is 1. The van der Waals surface area contributed by atoms with Crippen molar-refractivity contribution < 1.29 is 0 Å². The van der Waals surface area contributed by atoms with E-state index in [0.717, 1.165) is 22.6 Å². The molecule has 0 radical (unpaired) electrons. The zero-order valence-electron chi connectivity index (χ0n) is 12.7. The van der Waals surface area contributed by atoms with Crippen molar-refractivity contribution in [2.75, 3.05) is 11.9 Å². The Balaban J connectivity index is 2.00. The van der Waals surface area contributed by atoms with Crippen LogP contribution in [0.3, 0.4) is 0 Å². The molecule has 1 aromatic carbocycles. The van der Waals surface area contributed by atoms with Crippen LogP contribution in [0.15, 0.2) is 30.3 Å². The fourth-order valence-electron chi connectivity index (χ4n) is 3.38. The van der Waals surface area contributed by atoms with E-state index in [2.05, 4.69) is 24.9 Å². The van der Waals surface area contributed by atoms with Gasteiger partial charge in [0, 0.05) is 18.5 Å². The minimum Gasteiger partial charge on any atom is -0.356 e. The smallest absolute Gasteiger partial charge is 0.147 e. The average molecular weight is 279 g/mol.